The fourth-order valence-electron chi connectivity index (χ4n) is 1.73. The van der Waals surface area contributed by atoms with Gasteiger partial charge in [0.25, 0.3) is 0 Å². The third-order valence-corrected chi connectivity index (χ3v) is 3.97. The van der Waals surface area contributed by atoms with E-state index in [1.54, 1.807) is 31.2 Å². The number of rotatable bonds is 4. The van der Waals surface area contributed by atoms with Crippen LogP contribution < -0.4 is 5.32 Å². The number of benzene rings is 2. The van der Waals surface area contributed by atoms with E-state index in [-0.39, 0.29) is 5.91 Å². The summed E-state index contributed by atoms with van der Waals surface area (Å²) in [6, 6.07) is 12.1. The first-order chi connectivity index (χ1) is 10.5. The molecule has 0 unspecified atom stereocenters. The van der Waals surface area contributed by atoms with Crippen LogP contribution in [-0.2, 0) is 4.79 Å². The Morgan fingerprint density at radius 1 is 1.23 bits per heavy atom. The third-order valence-electron chi connectivity index (χ3n) is 2.88. The van der Waals surface area contributed by atoms with Crippen molar-refractivity contribution in [2.24, 2.45) is 0 Å². The number of halogens is 2. The summed E-state index contributed by atoms with van der Waals surface area (Å²) in [7, 11) is 0. The molecule has 0 heterocycles. The second-order valence-corrected chi connectivity index (χ2v) is 5.90. The van der Waals surface area contributed by atoms with Gasteiger partial charge in [-0.3, -0.25) is 4.79 Å². The fraction of sp³-hybridized carbons (Fsp3) is 0.125. The van der Waals surface area contributed by atoms with Gasteiger partial charge in [0.15, 0.2) is 11.6 Å². The quantitative estimate of drug-likeness (QED) is 0.868. The Bertz CT molecular complexity index is 743. The number of thioether (sulfide) groups is 1. The number of nitrogens with one attached hydrogen (secondary N) is 1. The monoisotopic (exact) mass is 318 g/mol. The van der Waals surface area contributed by atoms with E-state index >= 15 is 0 Å². The average Bonchev–Trinajstić information content (AvgIpc) is 2.51. The van der Waals surface area contributed by atoms with Crippen molar-refractivity contribution in [1.82, 2.24) is 0 Å². The highest BCUT2D eigenvalue weighted by atomic mass is 32.2. The number of carbonyl (C=O) groups is 1. The van der Waals surface area contributed by atoms with E-state index in [9.17, 15) is 13.6 Å². The Kier molecular flexibility index (Phi) is 5.12. The summed E-state index contributed by atoms with van der Waals surface area (Å²) in [5, 5.41) is 11.1. The van der Waals surface area contributed by atoms with Crippen LogP contribution in [0.2, 0.25) is 0 Å². The molecule has 0 aliphatic carbocycles. The Labute approximate surface area is 131 Å². The van der Waals surface area contributed by atoms with Crippen LogP contribution >= 0.6 is 11.8 Å². The zero-order valence-corrected chi connectivity index (χ0v) is 12.5. The number of hydrogen-bond donors (Lipinski definition) is 1. The molecule has 3 nitrogen and oxygen atoms in total. The molecule has 0 aliphatic heterocycles. The van der Waals surface area contributed by atoms with Gasteiger partial charge in [-0.1, -0.05) is 12.1 Å². The number of para-hydroxylation sites is 1. The van der Waals surface area contributed by atoms with Gasteiger partial charge in [-0.15, -0.1) is 11.8 Å². The summed E-state index contributed by atoms with van der Waals surface area (Å²) in [6.07, 6.45) is 0. The van der Waals surface area contributed by atoms with Gasteiger partial charge in [-0.05, 0) is 37.3 Å². The van der Waals surface area contributed by atoms with Gasteiger partial charge in [0, 0.05) is 4.90 Å². The molecule has 2 aromatic rings. The molecule has 0 radical (unpaired) electrons. The summed E-state index contributed by atoms with van der Waals surface area (Å²) in [5.74, 6) is -2.20. The maximum absolute atomic E-state index is 13.2. The van der Waals surface area contributed by atoms with Crippen LogP contribution in [0, 0.1) is 23.0 Å². The standard InChI is InChI=1S/C16H12F2N2OS/c1-10(22-12-6-7-13(17)14(18)8-12)16(21)20-15-5-3-2-4-11(15)9-19/h2-8,10H,1H3,(H,20,21)/t10-/m0/s1. The smallest absolute Gasteiger partial charge is 0.237 e. The molecule has 1 amide bonds. The van der Waals surface area contributed by atoms with Crippen LogP contribution in [0.5, 0.6) is 0 Å². The van der Waals surface area contributed by atoms with E-state index in [2.05, 4.69) is 5.32 Å². The lowest BCUT2D eigenvalue weighted by molar-refractivity contribution is -0.115. The van der Waals surface area contributed by atoms with Gasteiger partial charge in [0.05, 0.1) is 16.5 Å². The lowest BCUT2D eigenvalue weighted by Gasteiger charge is -2.13. The average molecular weight is 318 g/mol. The fourth-order valence-corrected chi connectivity index (χ4v) is 2.62. The molecule has 1 atom stereocenters. The summed E-state index contributed by atoms with van der Waals surface area (Å²) < 4.78 is 26.0. The molecule has 0 fully saturated rings. The molecule has 0 aromatic heterocycles. The molecular weight excluding hydrogens is 306 g/mol. The van der Waals surface area contributed by atoms with Crippen molar-refractivity contribution >= 4 is 23.4 Å². The number of nitriles is 1. The molecular formula is C16H12F2N2OS. The second-order valence-electron chi connectivity index (χ2n) is 4.48. The maximum Gasteiger partial charge on any atom is 0.237 e. The number of carbonyl (C=O) groups excluding carboxylic acids is 1. The summed E-state index contributed by atoms with van der Waals surface area (Å²) in [6.45, 7) is 1.65. The van der Waals surface area contributed by atoms with Crippen molar-refractivity contribution in [2.75, 3.05) is 5.32 Å². The highest BCUT2D eigenvalue weighted by Crippen LogP contribution is 2.26. The summed E-state index contributed by atoms with van der Waals surface area (Å²) >= 11 is 1.11. The lowest BCUT2D eigenvalue weighted by Crippen LogP contribution is -2.22. The van der Waals surface area contributed by atoms with Crippen LogP contribution in [0.4, 0.5) is 14.5 Å². The van der Waals surface area contributed by atoms with E-state index < -0.39 is 16.9 Å². The predicted molar refractivity (Wildman–Crippen MR) is 81.5 cm³/mol. The van der Waals surface area contributed by atoms with Gasteiger partial charge >= 0.3 is 0 Å². The van der Waals surface area contributed by atoms with Crippen LogP contribution in [0.15, 0.2) is 47.4 Å². The minimum atomic E-state index is -0.951. The molecule has 0 aliphatic rings. The van der Waals surface area contributed by atoms with Crippen molar-refractivity contribution in [1.29, 1.82) is 5.26 Å². The largest absolute Gasteiger partial charge is 0.324 e. The van der Waals surface area contributed by atoms with Crippen LogP contribution in [0.25, 0.3) is 0 Å². The van der Waals surface area contributed by atoms with Crippen molar-refractivity contribution in [3.63, 3.8) is 0 Å². The van der Waals surface area contributed by atoms with Crippen LogP contribution in [0.3, 0.4) is 0 Å². The molecule has 2 rings (SSSR count). The number of anilines is 1. The zero-order valence-electron chi connectivity index (χ0n) is 11.6. The minimum Gasteiger partial charge on any atom is -0.324 e. The number of nitrogens with zero attached hydrogens (tertiary/aromatic N) is 1. The van der Waals surface area contributed by atoms with Crippen molar-refractivity contribution < 1.29 is 13.6 Å². The number of hydrogen-bond acceptors (Lipinski definition) is 3. The topological polar surface area (TPSA) is 52.9 Å². The first-order valence-corrected chi connectivity index (χ1v) is 7.31. The molecule has 1 N–H and O–H groups in total. The predicted octanol–water partition coefficient (Wildman–Crippen LogP) is 3.96. The maximum atomic E-state index is 13.2. The summed E-state index contributed by atoms with van der Waals surface area (Å²) in [4.78, 5) is 12.6. The molecule has 0 bridgehead atoms. The van der Waals surface area contributed by atoms with Gasteiger partial charge in [-0.25, -0.2) is 8.78 Å². The van der Waals surface area contributed by atoms with E-state index in [0.29, 0.717) is 16.1 Å². The third kappa shape index (κ3) is 3.83. The Hall–Kier alpha value is -2.39. The van der Waals surface area contributed by atoms with Gasteiger partial charge in [0.1, 0.15) is 6.07 Å². The number of amides is 1. The SMILES string of the molecule is C[C@H](Sc1ccc(F)c(F)c1)C(=O)Nc1ccccc1C#N. The van der Waals surface area contributed by atoms with Gasteiger partial charge in [0.2, 0.25) is 5.91 Å². The summed E-state index contributed by atoms with van der Waals surface area (Å²) in [5.41, 5.74) is 0.786. The molecule has 22 heavy (non-hydrogen) atoms. The zero-order chi connectivity index (χ0) is 16.1. The molecule has 6 heteroatoms. The molecule has 2 aromatic carbocycles. The Morgan fingerprint density at radius 2 is 1.95 bits per heavy atom. The van der Waals surface area contributed by atoms with E-state index in [1.807, 2.05) is 6.07 Å². The van der Waals surface area contributed by atoms with Crippen LogP contribution in [-0.4, -0.2) is 11.2 Å². The highest BCUT2D eigenvalue weighted by molar-refractivity contribution is 8.00. The van der Waals surface area contributed by atoms with E-state index in [0.717, 1.165) is 23.9 Å². The van der Waals surface area contributed by atoms with Gasteiger partial charge in [-0.2, -0.15) is 5.26 Å². The Morgan fingerprint density at radius 3 is 2.64 bits per heavy atom. The molecule has 0 saturated carbocycles. The molecule has 0 saturated heterocycles. The first kappa shape index (κ1) is 16.0. The molecule has 0 spiro atoms. The van der Waals surface area contributed by atoms with Crippen molar-refractivity contribution in [3.8, 4) is 6.07 Å². The van der Waals surface area contributed by atoms with Crippen molar-refractivity contribution in [3.05, 3.63) is 59.7 Å². The van der Waals surface area contributed by atoms with Gasteiger partial charge < -0.3 is 5.32 Å². The minimum absolute atomic E-state index is 0.322. The normalized spacial score (nSPS) is 11.5. The van der Waals surface area contributed by atoms with E-state index in [1.165, 1.54) is 6.07 Å². The van der Waals surface area contributed by atoms with E-state index in [4.69, 9.17) is 5.26 Å². The van der Waals surface area contributed by atoms with Crippen molar-refractivity contribution in [2.45, 2.75) is 17.1 Å². The highest BCUT2D eigenvalue weighted by Gasteiger charge is 2.16. The second kappa shape index (κ2) is 7.05. The lowest BCUT2D eigenvalue weighted by atomic mass is 10.2. The molecule has 112 valence electrons. The first-order valence-electron chi connectivity index (χ1n) is 6.43. The Balaban J connectivity index is 2.06. The van der Waals surface area contributed by atoms with Crippen LogP contribution in [0.1, 0.15) is 12.5 Å².